The summed E-state index contributed by atoms with van der Waals surface area (Å²) in [5, 5.41) is 6.26. The Labute approximate surface area is 122 Å². The van der Waals surface area contributed by atoms with Crippen molar-refractivity contribution in [3.05, 3.63) is 36.5 Å². The molecule has 2 aromatic rings. The van der Waals surface area contributed by atoms with Crippen LogP contribution in [0.2, 0.25) is 0 Å². The van der Waals surface area contributed by atoms with E-state index in [1.807, 2.05) is 24.3 Å². The van der Waals surface area contributed by atoms with E-state index in [9.17, 15) is 9.59 Å². The Bertz CT molecular complexity index is 640. The number of amides is 2. The molecule has 1 aromatic heterocycles. The van der Waals surface area contributed by atoms with Crippen LogP contribution in [0.4, 0.5) is 5.69 Å². The van der Waals surface area contributed by atoms with Crippen molar-refractivity contribution in [1.29, 1.82) is 0 Å². The maximum Gasteiger partial charge on any atom is 0.247 e. The summed E-state index contributed by atoms with van der Waals surface area (Å²) in [6.07, 6.45) is 1.67. The number of nitrogens with zero attached hydrogens (tertiary/aromatic N) is 1. The number of anilines is 1. The van der Waals surface area contributed by atoms with E-state index in [4.69, 9.17) is 0 Å². The normalized spacial score (nSPS) is 11.9. The van der Waals surface area contributed by atoms with Gasteiger partial charge in [-0.25, -0.2) is 0 Å². The average Bonchev–Trinajstić information content (AvgIpc) is 2.45. The van der Waals surface area contributed by atoms with Gasteiger partial charge in [0.15, 0.2) is 0 Å². The number of pyridine rings is 1. The van der Waals surface area contributed by atoms with Gasteiger partial charge in [0.2, 0.25) is 11.8 Å². The lowest BCUT2D eigenvalue weighted by atomic mass is 10.2. The van der Waals surface area contributed by atoms with E-state index in [-0.39, 0.29) is 17.6 Å². The third-order valence-electron chi connectivity index (χ3n) is 2.77. The lowest BCUT2D eigenvalue weighted by Crippen LogP contribution is -2.44. The van der Waals surface area contributed by atoms with E-state index in [1.165, 1.54) is 6.92 Å². The molecule has 1 aromatic carbocycles. The van der Waals surface area contributed by atoms with Gasteiger partial charge in [0.1, 0.15) is 6.04 Å². The predicted molar refractivity (Wildman–Crippen MR) is 81.8 cm³/mol. The van der Waals surface area contributed by atoms with Crippen LogP contribution in [0, 0.1) is 0 Å². The highest BCUT2D eigenvalue weighted by Gasteiger charge is 2.18. The first-order chi connectivity index (χ1) is 9.61. The standard InChI is InChI=1S/C14H15N3O2S/c1-9(18)16-12(8-20)14(19)17-11-6-2-4-10-5-3-7-15-13(10)11/h2-7,12,20H,8H2,1H3,(H,16,18)(H,17,19). The highest BCUT2D eigenvalue weighted by atomic mass is 32.1. The summed E-state index contributed by atoms with van der Waals surface area (Å²) in [6, 6.07) is 8.62. The molecule has 104 valence electrons. The second kappa shape index (κ2) is 6.38. The molecule has 5 nitrogen and oxygen atoms in total. The van der Waals surface area contributed by atoms with Gasteiger partial charge in [-0.2, -0.15) is 12.6 Å². The Hall–Kier alpha value is -2.08. The number of nitrogens with one attached hydrogen (secondary N) is 2. The van der Waals surface area contributed by atoms with Gasteiger partial charge in [-0.1, -0.05) is 18.2 Å². The van der Waals surface area contributed by atoms with E-state index in [2.05, 4.69) is 28.2 Å². The molecule has 1 atom stereocenters. The highest BCUT2D eigenvalue weighted by molar-refractivity contribution is 7.80. The Balaban J connectivity index is 2.23. The Kier molecular flexibility index (Phi) is 4.57. The lowest BCUT2D eigenvalue weighted by molar-refractivity contribution is -0.124. The number of aromatic nitrogens is 1. The van der Waals surface area contributed by atoms with Gasteiger partial charge in [0.05, 0.1) is 11.2 Å². The number of benzene rings is 1. The largest absolute Gasteiger partial charge is 0.344 e. The molecule has 0 saturated heterocycles. The number of carbonyl (C=O) groups excluding carboxylic acids is 2. The van der Waals surface area contributed by atoms with Crippen LogP contribution in [0.1, 0.15) is 6.92 Å². The minimum atomic E-state index is -0.671. The summed E-state index contributed by atoms with van der Waals surface area (Å²) in [6.45, 7) is 1.36. The van der Waals surface area contributed by atoms with E-state index < -0.39 is 6.04 Å². The molecule has 0 aliphatic carbocycles. The van der Waals surface area contributed by atoms with Crippen molar-refractivity contribution in [2.75, 3.05) is 11.1 Å². The van der Waals surface area contributed by atoms with Crippen LogP contribution in [0.15, 0.2) is 36.5 Å². The number of hydrogen-bond donors (Lipinski definition) is 3. The Morgan fingerprint density at radius 1 is 1.30 bits per heavy atom. The zero-order valence-corrected chi connectivity index (χ0v) is 11.9. The second-order valence-electron chi connectivity index (χ2n) is 4.31. The van der Waals surface area contributed by atoms with Crippen molar-refractivity contribution >= 4 is 41.0 Å². The summed E-state index contributed by atoms with van der Waals surface area (Å²) in [5.74, 6) is -0.354. The molecule has 0 radical (unpaired) electrons. The fraction of sp³-hybridized carbons (Fsp3) is 0.214. The molecule has 1 heterocycles. The van der Waals surface area contributed by atoms with Crippen LogP contribution >= 0.6 is 12.6 Å². The zero-order chi connectivity index (χ0) is 14.5. The molecule has 0 bridgehead atoms. The first-order valence-corrected chi connectivity index (χ1v) is 6.77. The van der Waals surface area contributed by atoms with Crippen molar-refractivity contribution in [3.63, 3.8) is 0 Å². The summed E-state index contributed by atoms with van der Waals surface area (Å²) >= 11 is 4.08. The topological polar surface area (TPSA) is 71.1 Å². The average molecular weight is 289 g/mol. The minimum Gasteiger partial charge on any atom is -0.344 e. The molecule has 20 heavy (non-hydrogen) atoms. The van der Waals surface area contributed by atoms with E-state index in [0.717, 1.165) is 5.39 Å². The van der Waals surface area contributed by atoms with Gasteiger partial charge in [-0.05, 0) is 12.1 Å². The molecule has 2 rings (SSSR count). The van der Waals surface area contributed by atoms with Crippen molar-refractivity contribution in [2.24, 2.45) is 0 Å². The highest BCUT2D eigenvalue weighted by Crippen LogP contribution is 2.20. The van der Waals surface area contributed by atoms with Crippen molar-refractivity contribution in [3.8, 4) is 0 Å². The van der Waals surface area contributed by atoms with E-state index >= 15 is 0 Å². The number of fused-ring (bicyclic) bond motifs is 1. The van der Waals surface area contributed by atoms with E-state index in [0.29, 0.717) is 11.2 Å². The van der Waals surface area contributed by atoms with Crippen LogP contribution < -0.4 is 10.6 Å². The van der Waals surface area contributed by atoms with Gasteiger partial charge in [0, 0.05) is 24.3 Å². The van der Waals surface area contributed by atoms with Crippen molar-refractivity contribution < 1.29 is 9.59 Å². The SMILES string of the molecule is CC(=O)NC(CS)C(=O)Nc1cccc2cccnc12. The second-order valence-corrected chi connectivity index (χ2v) is 4.67. The Morgan fingerprint density at radius 2 is 2.05 bits per heavy atom. The van der Waals surface area contributed by atoms with Crippen LogP contribution in [0.25, 0.3) is 10.9 Å². The molecule has 0 saturated carbocycles. The lowest BCUT2D eigenvalue weighted by Gasteiger charge is -2.16. The fourth-order valence-corrected chi connectivity index (χ4v) is 2.12. The van der Waals surface area contributed by atoms with Crippen LogP contribution in [-0.2, 0) is 9.59 Å². The molecule has 1 unspecified atom stereocenters. The smallest absolute Gasteiger partial charge is 0.247 e. The van der Waals surface area contributed by atoms with Crippen LogP contribution in [0.3, 0.4) is 0 Å². The molecule has 0 fully saturated rings. The predicted octanol–water partition coefficient (Wildman–Crippen LogP) is 1.61. The first kappa shape index (κ1) is 14.3. The van der Waals surface area contributed by atoms with Crippen molar-refractivity contribution in [1.82, 2.24) is 10.3 Å². The summed E-state index contributed by atoms with van der Waals surface area (Å²) in [5.41, 5.74) is 1.33. The molecular weight excluding hydrogens is 274 g/mol. The van der Waals surface area contributed by atoms with Gasteiger partial charge >= 0.3 is 0 Å². The van der Waals surface area contributed by atoms with Gasteiger partial charge in [-0.15, -0.1) is 0 Å². The Morgan fingerprint density at radius 3 is 2.75 bits per heavy atom. The summed E-state index contributed by atoms with van der Waals surface area (Å²) < 4.78 is 0. The summed E-state index contributed by atoms with van der Waals surface area (Å²) in [7, 11) is 0. The summed E-state index contributed by atoms with van der Waals surface area (Å²) in [4.78, 5) is 27.4. The quantitative estimate of drug-likeness (QED) is 0.749. The van der Waals surface area contributed by atoms with Crippen LogP contribution in [0.5, 0.6) is 0 Å². The third kappa shape index (κ3) is 3.27. The minimum absolute atomic E-state index is 0.226. The number of rotatable bonds is 4. The maximum atomic E-state index is 12.1. The fourth-order valence-electron chi connectivity index (χ4n) is 1.86. The molecule has 0 aliphatic rings. The molecule has 0 spiro atoms. The number of hydrogen-bond acceptors (Lipinski definition) is 4. The number of carbonyl (C=O) groups is 2. The van der Waals surface area contributed by atoms with Gasteiger partial charge in [0.25, 0.3) is 0 Å². The van der Waals surface area contributed by atoms with Crippen LogP contribution in [-0.4, -0.2) is 28.6 Å². The molecule has 2 amide bonds. The zero-order valence-electron chi connectivity index (χ0n) is 11.0. The molecule has 0 aliphatic heterocycles. The van der Waals surface area contributed by atoms with Crippen molar-refractivity contribution in [2.45, 2.75) is 13.0 Å². The first-order valence-electron chi connectivity index (χ1n) is 6.14. The number of thiol groups is 1. The van der Waals surface area contributed by atoms with Gasteiger partial charge in [-0.3, -0.25) is 14.6 Å². The third-order valence-corrected chi connectivity index (χ3v) is 3.13. The van der Waals surface area contributed by atoms with E-state index in [1.54, 1.807) is 12.3 Å². The molecule has 6 heteroatoms. The molecule has 2 N–H and O–H groups in total. The maximum absolute atomic E-state index is 12.1. The monoisotopic (exact) mass is 289 g/mol. The molecular formula is C14H15N3O2S. The van der Waals surface area contributed by atoms with Gasteiger partial charge < -0.3 is 10.6 Å². The number of para-hydroxylation sites is 1.